The molecule has 0 saturated heterocycles. The average molecular weight is 322 g/mol. The normalized spacial score (nSPS) is 10.3. The molecule has 0 unspecified atom stereocenters. The van der Waals surface area contributed by atoms with E-state index < -0.39 is 0 Å². The van der Waals surface area contributed by atoms with Gasteiger partial charge < -0.3 is 14.7 Å². The van der Waals surface area contributed by atoms with Crippen molar-refractivity contribution in [2.75, 3.05) is 19.1 Å². The van der Waals surface area contributed by atoms with Crippen LogP contribution in [0.2, 0.25) is 0 Å². The predicted octanol–water partition coefficient (Wildman–Crippen LogP) is 3.80. The van der Waals surface area contributed by atoms with E-state index in [9.17, 15) is 5.11 Å². The fourth-order valence-corrected chi connectivity index (χ4v) is 2.28. The zero-order chi connectivity index (χ0) is 13.8. The van der Waals surface area contributed by atoms with E-state index in [1.807, 2.05) is 43.4 Å². The van der Waals surface area contributed by atoms with Crippen LogP contribution in [-0.4, -0.2) is 19.3 Å². The summed E-state index contributed by atoms with van der Waals surface area (Å²) in [6, 6.07) is 13.3. The fraction of sp³-hybridized carbons (Fsp3) is 0.200. The van der Waals surface area contributed by atoms with E-state index in [2.05, 4.69) is 20.8 Å². The number of halogens is 1. The van der Waals surface area contributed by atoms with Crippen molar-refractivity contribution in [3.63, 3.8) is 0 Å². The first-order chi connectivity index (χ1) is 9.10. The minimum absolute atomic E-state index is 0.304. The topological polar surface area (TPSA) is 32.7 Å². The lowest BCUT2D eigenvalue weighted by Gasteiger charge is -2.20. The number of anilines is 1. The molecule has 0 fully saturated rings. The number of hydrogen-bond donors (Lipinski definition) is 1. The maximum absolute atomic E-state index is 9.86. The van der Waals surface area contributed by atoms with Crippen LogP contribution in [0, 0.1) is 0 Å². The summed E-state index contributed by atoms with van der Waals surface area (Å²) in [5, 5.41) is 9.86. The molecule has 0 atom stereocenters. The number of rotatable bonds is 4. The highest BCUT2D eigenvalue weighted by Crippen LogP contribution is 2.26. The van der Waals surface area contributed by atoms with E-state index in [4.69, 9.17) is 4.74 Å². The number of nitrogens with zero attached hydrogens (tertiary/aromatic N) is 1. The van der Waals surface area contributed by atoms with Crippen molar-refractivity contribution < 1.29 is 9.84 Å². The first kappa shape index (κ1) is 13.7. The van der Waals surface area contributed by atoms with Crippen molar-refractivity contribution in [3.05, 3.63) is 52.5 Å². The van der Waals surface area contributed by atoms with Gasteiger partial charge >= 0.3 is 0 Å². The second kappa shape index (κ2) is 5.97. The molecule has 0 amide bonds. The van der Waals surface area contributed by atoms with Gasteiger partial charge in [0.25, 0.3) is 0 Å². The average Bonchev–Trinajstić information content (AvgIpc) is 2.43. The molecule has 0 aliphatic rings. The summed E-state index contributed by atoms with van der Waals surface area (Å²) >= 11 is 3.42. The highest BCUT2D eigenvalue weighted by molar-refractivity contribution is 9.10. The van der Waals surface area contributed by atoms with Gasteiger partial charge in [0.05, 0.1) is 7.11 Å². The third-order valence-electron chi connectivity index (χ3n) is 2.94. The molecule has 0 aliphatic heterocycles. The van der Waals surface area contributed by atoms with Crippen LogP contribution in [0.25, 0.3) is 0 Å². The second-order valence-corrected chi connectivity index (χ2v) is 5.25. The number of hydrogen-bond acceptors (Lipinski definition) is 3. The Morgan fingerprint density at radius 1 is 1.21 bits per heavy atom. The Morgan fingerprint density at radius 2 is 2.00 bits per heavy atom. The SMILES string of the molecule is COc1cccc(N(C)Cc2cc(Br)ccc2O)c1. The van der Waals surface area contributed by atoms with Gasteiger partial charge in [-0.2, -0.15) is 0 Å². The Hall–Kier alpha value is -1.68. The van der Waals surface area contributed by atoms with E-state index in [1.165, 1.54) is 0 Å². The van der Waals surface area contributed by atoms with E-state index in [0.29, 0.717) is 12.3 Å². The Bertz CT molecular complexity index is 572. The molecule has 0 spiro atoms. The van der Waals surface area contributed by atoms with Crippen LogP contribution in [0.5, 0.6) is 11.5 Å². The van der Waals surface area contributed by atoms with Gasteiger partial charge in [-0.05, 0) is 30.3 Å². The molecule has 0 aliphatic carbocycles. The molecular weight excluding hydrogens is 306 g/mol. The van der Waals surface area contributed by atoms with Gasteiger partial charge in [-0.25, -0.2) is 0 Å². The maximum atomic E-state index is 9.86. The standard InChI is InChI=1S/C15H16BrNO2/c1-17(13-4-3-5-14(9-13)19-2)10-11-8-12(16)6-7-15(11)18/h3-9,18H,10H2,1-2H3. The molecule has 19 heavy (non-hydrogen) atoms. The maximum Gasteiger partial charge on any atom is 0.120 e. The molecule has 0 radical (unpaired) electrons. The lowest BCUT2D eigenvalue weighted by atomic mass is 10.2. The number of phenolic OH excluding ortho intramolecular Hbond substituents is 1. The van der Waals surface area contributed by atoms with Gasteiger partial charge in [-0.15, -0.1) is 0 Å². The number of ether oxygens (including phenoxy) is 1. The van der Waals surface area contributed by atoms with E-state index >= 15 is 0 Å². The summed E-state index contributed by atoms with van der Waals surface area (Å²) < 4.78 is 6.17. The molecule has 100 valence electrons. The zero-order valence-corrected chi connectivity index (χ0v) is 12.5. The van der Waals surface area contributed by atoms with Crippen molar-refractivity contribution in [1.82, 2.24) is 0 Å². The van der Waals surface area contributed by atoms with E-state index in [1.54, 1.807) is 13.2 Å². The fourth-order valence-electron chi connectivity index (χ4n) is 1.88. The number of methoxy groups -OCH3 is 1. The zero-order valence-electron chi connectivity index (χ0n) is 10.9. The first-order valence-corrected chi connectivity index (χ1v) is 6.72. The largest absolute Gasteiger partial charge is 0.508 e. The summed E-state index contributed by atoms with van der Waals surface area (Å²) in [5.41, 5.74) is 1.92. The number of aromatic hydroxyl groups is 1. The van der Waals surface area contributed by atoms with Crippen molar-refractivity contribution in [3.8, 4) is 11.5 Å². The quantitative estimate of drug-likeness (QED) is 0.929. The van der Waals surface area contributed by atoms with Crippen LogP contribution in [0.4, 0.5) is 5.69 Å². The van der Waals surface area contributed by atoms with Gasteiger partial charge in [0, 0.05) is 35.4 Å². The van der Waals surface area contributed by atoms with Crippen molar-refractivity contribution >= 4 is 21.6 Å². The van der Waals surface area contributed by atoms with Crippen LogP contribution < -0.4 is 9.64 Å². The summed E-state index contributed by atoms with van der Waals surface area (Å²) in [6.45, 7) is 0.623. The summed E-state index contributed by atoms with van der Waals surface area (Å²) in [7, 11) is 3.63. The lowest BCUT2D eigenvalue weighted by molar-refractivity contribution is 0.415. The first-order valence-electron chi connectivity index (χ1n) is 5.92. The van der Waals surface area contributed by atoms with Crippen LogP contribution in [0.3, 0.4) is 0 Å². The minimum Gasteiger partial charge on any atom is -0.508 e. The Kier molecular flexibility index (Phi) is 4.32. The Labute approximate surface area is 121 Å². The van der Waals surface area contributed by atoms with Crippen molar-refractivity contribution in [1.29, 1.82) is 0 Å². The van der Waals surface area contributed by atoms with Crippen LogP contribution >= 0.6 is 15.9 Å². The molecule has 0 bridgehead atoms. The third-order valence-corrected chi connectivity index (χ3v) is 3.44. The molecule has 3 nitrogen and oxygen atoms in total. The molecule has 0 heterocycles. The highest BCUT2D eigenvalue weighted by atomic mass is 79.9. The molecule has 2 rings (SSSR count). The molecule has 0 aromatic heterocycles. The lowest BCUT2D eigenvalue weighted by Crippen LogP contribution is -2.16. The van der Waals surface area contributed by atoms with Gasteiger partial charge in [-0.1, -0.05) is 22.0 Å². The van der Waals surface area contributed by atoms with Crippen LogP contribution in [0.1, 0.15) is 5.56 Å². The molecule has 2 aromatic carbocycles. The molecule has 0 saturated carbocycles. The molecule has 1 N–H and O–H groups in total. The van der Waals surface area contributed by atoms with Crippen LogP contribution in [0.15, 0.2) is 46.9 Å². The summed E-state index contributed by atoms with van der Waals surface area (Å²) in [4.78, 5) is 2.06. The summed E-state index contributed by atoms with van der Waals surface area (Å²) in [6.07, 6.45) is 0. The van der Waals surface area contributed by atoms with Gasteiger partial charge in [0.1, 0.15) is 11.5 Å². The van der Waals surface area contributed by atoms with Gasteiger partial charge in [0.2, 0.25) is 0 Å². The van der Waals surface area contributed by atoms with Crippen LogP contribution in [-0.2, 0) is 6.54 Å². The van der Waals surface area contributed by atoms with Gasteiger partial charge in [0.15, 0.2) is 0 Å². The monoisotopic (exact) mass is 321 g/mol. The second-order valence-electron chi connectivity index (χ2n) is 4.33. The van der Waals surface area contributed by atoms with E-state index in [0.717, 1.165) is 21.5 Å². The van der Waals surface area contributed by atoms with Gasteiger partial charge in [-0.3, -0.25) is 0 Å². The van der Waals surface area contributed by atoms with E-state index in [-0.39, 0.29) is 0 Å². The third kappa shape index (κ3) is 3.41. The Balaban J connectivity index is 2.20. The number of phenols is 1. The minimum atomic E-state index is 0.304. The molecular formula is C15H16BrNO2. The van der Waals surface area contributed by atoms with Crippen molar-refractivity contribution in [2.24, 2.45) is 0 Å². The molecule has 2 aromatic rings. The number of benzene rings is 2. The molecule has 4 heteroatoms. The predicted molar refractivity (Wildman–Crippen MR) is 80.9 cm³/mol. The smallest absolute Gasteiger partial charge is 0.120 e. The highest BCUT2D eigenvalue weighted by Gasteiger charge is 2.07. The van der Waals surface area contributed by atoms with Crippen molar-refractivity contribution in [2.45, 2.75) is 6.54 Å². The Morgan fingerprint density at radius 3 is 2.74 bits per heavy atom. The summed E-state index contributed by atoms with van der Waals surface area (Å²) in [5.74, 6) is 1.13.